The van der Waals surface area contributed by atoms with E-state index in [4.69, 9.17) is 4.74 Å². The molecule has 0 radical (unpaired) electrons. The fourth-order valence-corrected chi connectivity index (χ4v) is 4.86. The summed E-state index contributed by atoms with van der Waals surface area (Å²) in [6.45, 7) is 5.16. The first kappa shape index (κ1) is 22.1. The quantitative estimate of drug-likeness (QED) is 0.557. The van der Waals surface area contributed by atoms with Crippen LogP contribution in [0.15, 0.2) is 64.5 Å². The second-order valence-corrected chi connectivity index (χ2v) is 8.86. The molecule has 1 N–H and O–H groups in total. The van der Waals surface area contributed by atoms with Gasteiger partial charge in [-0.05, 0) is 36.6 Å². The van der Waals surface area contributed by atoms with Crippen LogP contribution in [0.3, 0.4) is 0 Å². The summed E-state index contributed by atoms with van der Waals surface area (Å²) in [6.07, 6.45) is 0.643. The number of benzene rings is 2. The van der Waals surface area contributed by atoms with Crippen molar-refractivity contribution >= 4 is 17.7 Å². The number of nitrogens with one attached hydrogen (secondary N) is 1. The zero-order valence-corrected chi connectivity index (χ0v) is 19.2. The molecule has 6 nitrogen and oxygen atoms in total. The van der Waals surface area contributed by atoms with Gasteiger partial charge in [0, 0.05) is 30.1 Å². The van der Waals surface area contributed by atoms with Crippen molar-refractivity contribution < 1.29 is 9.53 Å². The number of fused-ring (bicyclic) bond motifs is 1. The minimum absolute atomic E-state index is 0.0221. The van der Waals surface area contributed by atoms with Gasteiger partial charge < -0.3 is 10.1 Å². The molecule has 2 heterocycles. The fourth-order valence-electron chi connectivity index (χ4n) is 3.74. The van der Waals surface area contributed by atoms with Gasteiger partial charge in [-0.25, -0.2) is 4.98 Å². The summed E-state index contributed by atoms with van der Waals surface area (Å²) in [4.78, 5) is 30.1. The number of hydrogen-bond donors (Lipinski definition) is 1. The van der Waals surface area contributed by atoms with Gasteiger partial charge in [0.2, 0.25) is 5.91 Å². The summed E-state index contributed by atoms with van der Waals surface area (Å²) in [5, 5.41) is 3.72. The average Bonchev–Trinajstić information content (AvgIpc) is 2.82. The van der Waals surface area contributed by atoms with E-state index in [-0.39, 0.29) is 17.4 Å². The van der Waals surface area contributed by atoms with Crippen molar-refractivity contribution in [1.82, 2.24) is 14.9 Å². The van der Waals surface area contributed by atoms with E-state index in [1.165, 1.54) is 11.8 Å². The second-order valence-electron chi connectivity index (χ2n) is 7.87. The van der Waals surface area contributed by atoms with E-state index < -0.39 is 0 Å². The molecule has 2 aromatic carbocycles. The zero-order valence-electron chi connectivity index (χ0n) is 18.3. The van der Waals surface area contributed by atoms with Gasteiger partial charge in [0.05, 0.1) is 5.92 Å². The van der Waals surface area contributed by atoms with Gasteiger partial charge in [-0.2, -0.15) is 0 Å². The Morgan fingerprint density at radius 1 is 1.16 bits per heavy atom. The van der Waals surface area contributed by atoms with Crippen molar-refractivity contribution in [2.45, 2.75) is 45.1 Å². The summed E-state index contributed by atoms with van der Waals surface area (Å²) in [7, 11) is 0. The molecular formula is C25H27N3O3S. The van der Waals surface area contributed by atoms with Gasteiger partial charge in [0.25, 0.3) is 5.56 Å². The lowest BCUT2D eigenvalue weighted by Crippen LogP contribution is -2.40. The first-order valence-corrected chi connectivity index (χ1v) is 11.8. The standard InChI is InChI=1S/C25H27N3O3S/c1-3-22-17(2)27-25-28(24(22)30)14-20(16-32-25)23(29)26-13-18-9-11-21(12-10-18)31-15-19-7-5-4-6-8-19/h4-12,20H,3,13-16H2,1-2H3,(H,26,29). The Labute approximate surface area is 192 Å². The molecule has 1 amide bonds. The van der Waals surface area contributed by atoms with Crippen LogP contribution < -0.4 is 15.6 Å². The third-order valence-electron chi connectivity index (χ3n) is 5.61. The van der Waals surface area contributed by atoms with Crippen LogP contribution >= 0.6 is 11.8 Å². The monoisotopic (exact) mass is 449 g/mol. The number of amides is 1. The number of carbonyl (C=O) groups excluding carboxylic acids is 1. The number of aryl methyl sites for hydroxylation is 1. The molecule has 166 valence electrons. The highest BCUT2D eigenvalue weighted by Gasteiger charge is 2.27. The summed E-state index contributed by atoms with van der Waals surface area (Å²) in [6, 6.07) is 17.8. The number of thioether (sulfide) groups is 1. The van der Waals surface area contributed by atoms with Gasteiger partial charge in [-0.1, -0.05) is 61.2 Å². The fraction of sp³-hybridized carbons (Fsp3) is 0.320. The molecule has 7 heteroatoms. The minimum atomic E-state index is -0.257. The maximum absolute atomic E-state index is 12.8. The molecule has 0 saturated heterocycles. The molecule has 1 atom stereocenters. The van der Waals surface area contributed by atoms with E-state index in [2.05, 4.69) is 10.3 Å². The van der Waals surface area contributed by atoms with Gasteiger partial charge >= 0.3 is 0 Å². The van der Waals surface area contributed by atoms with Gasteiger partial charge in [-0.15, -0.1) is 0 Å². The number of ether oxygens (including phenoxy) is 1. The molecule has 0 bridgehead atoms. The Morgan fingerprint density at radius 2 is 1.91 bits per heavy atom. The van der Waals surface area contributed by atoms with Crippen molar-refractivity contribution in [2.75, 3.05) is 5.75 Å². The molecule has 1 aliphatic rings. The average molecular weight is 450 g/mol. The van der Waals surface area contributed by atoms with E-state index in [0.717, 1.165) is 28.1 Å². The predicted molar refractivity (Wildman–Crippen MR) is 126 cm³/mol. The Balaban J connectivity index is 1.32. The van der Waals surface area contributed by atoms with Crippen LogP contribution in [0.2, 0.25) is 0 Å². The van der Waals surface area contributed by atoms with Crippen LogP contribution in [0.5, 0.6) is 5.75 Å². The normalized spacial score (nSPS) is 15.1. The summed E-state index contributed by atoms with van der Waals surface area (Å²) in [5.74, 6) is 1.11. The van der Waals surface area contributed by atoms with Crippen LogP contribution in [0.1, 0.15) is 29.3 Å². The van der Waals surface area contributed by atoms with Crippen LogP contribution in [0.25, 0.3) is 0 Å². The van der Waals surface area contributed by atoms with Crippen molar-refractivity contribution in [3.8, 4) is 5.75 Å². The highest BCUT2D eigenvalue weighted by Crippen LogP contribution is 2.26. The van der Waals surface area contributed by atoms with Gasteiger partial charge in [0.1, 0.15) is 12.4 Å². The molecule has 32 heavy (non-hydrogen) atoms. The van der Waals surface area contributed by atoms with Crippen molar-refractivity contribution in [1.29, 1.82) is 0 Å². The SMILES string of the molecule is CCc1c(C)nc2n(c1=O)CC(C(=O)NCc1ccc(OCc3ccccc3)cc1)CS2. The van der Waals surface area contributed by atoms with Crippen LogP contribution in [0, 0.1) is 12.8 Å². The predicted octanol–water partition coefficient (Wildman–Crippen LogP) is 3.73. The van der Waals surface area contributed by atoms with Crippen LogP contribution in [-0.4, -0.2) is 21.2 Å². The highest BCUT2D eigenvalue weighted by molar-refractivity contribution is 7.99. The lowest BCUT2D eigenvalue weighted by molar-refractivity contribution is -0.125. The number of aromatic nitrogens is 2. The lowest BCUT2D eigenvalue weighted by atomic mass is 10.1. The summed E-state index contributed by atoms with van der Waals surface area (Å²) in [5.41, 5.74) is 3.61. The molecule has 0 aliphatic carbocycles. The van der Waals surface area contributed by atoms with Gasteiger partial charge in [0.15, 0.2) is 5.16 Å². The molecule has 3 aromatic rings. The smallest absolute Gasteiger partial charge is 0.257 e. The molecule has 0 spiro atoms. The third kappa shape index (κ3) is 5.05. The first-order valence-electron chi connectivity index (χ1n) is 10.8. The van der Waals surface area contributed by atoms with Crippen LogP contribution in [0.4, 0.5) is 0 Å². The minimum Gasteiger partial charge on any atom is -0.489 e. The summed E-state index contributed by atoms with van der Waals surface area (Å²) >= 11 is 1.47. The Hall–Kier alpha value is -3.06. The molecule has 0 saturated carbocycles. The number of nitrogens with zero attached hydrogens (tertiary/aromatic N) is 2. The Kier molecular flexibility index (Phi) is 6.95. The van der Waals surface area contributed by atoms with Gasteiger partial charge in [-0.3, -0.25) is 14.2 Å². The Morgan fingerprint density at radius 3 is 2.62 bits per heavy atom. The maximum atomic E-state index is 12.8. The third-order valence-corrected chi connectivity index (χ3v) is 6.75. The molecule has 1 unspecified atom stereocenters. The molecule has 1 aliphatic heterocycles. The van der Waals surface area contributed by atoms with E-state index in [1.807, 2.05) is 68.4 Å². The second kappa shape index (κ2) is 10.0. The van der Waals surface area contributed by atoms with Crippen molar-refractivity contribution in [2.24, 2.45) is 5.92 Å². The number of hydrogen-bond acceptors (Lipinski definition) is 5. The maximum Gasteiger partial charge on any atom is 0.257 e. The molecule has 1 aromatic heterocycles. The largest absolute Gasteiger partial charge is 0.489 e. The topological polar surface area (TPSA) is 73.2 Å². The van der Waals surface area contributed by atoms with E-state index >= 15 is 0 Å². The van der Waals surface area contributed by atoms with E-state index in [1.54, 1.807) is 4.57 Å². The number of rotatable bonds is 7. The lowest BCUT2D eigenvalue weighted by Gasteiger charge is -2.25. The molecule has 0 fully saturated rings. The highest BCUT2D eigenvalue weighted by atomic mass is 32.2. The van der Waals surface area contributed by atoms with E-state index in [0.29, 0.717) is 37.0 Å². The van der Waals surface area contributed by atoms with Crippen molar-refractivity contribution in [3.63, 3.8) is 0 Å². The zero-order chi connectivity index (χ0) is 22.5. The van der Waals surface area contributed by atoms with E-state index in [9.17, 15) is 9.59 Å². The molecule has 4 rings (SSSR count). The summed E-state index contributed by atoms with van der Waals surface area (Å²) < 4.78 is 7.47. The Bertz CT molecular complexity index is 1140. The van der Waals surface area contributed by atoms with Crippen LogP contribution in [-0.2, 0) is 30.9 Å². The van der Waals surface area contributed by atoms with Crippen molar-refractivity contribution in [3.05, 3.63) is 87.3 Å². The molecular weight excluding hydrogens is 422 g/mol. The first-order chi connectivity index (χ1) is 15.5. The number of carbonyl (C=O) groups is 1.